The molecule has 0 spiro atoms. The predicted molar refractivity (Wildman–Crippen MR) is 76.3 cm³/mol. The summed E-state index contributed by atoms with van der Waals surface area (Å²) in [6.45, 7) is 9.74. The zero-order valence-electron chi connectivity index (χ0n) is 12.1. The largest absolute Gasteiger partial charge is 0.398 e. The number of nitrogens with zero attached hydrogens (tertiary/aromatic N) is 1. The van der Waals surface area contributed by atoms with Gasteiger partial charge < -0.3 is 15.4 Å². The fraction of sp³-hybridized carbons (Fsp3) is 0.533. The van der Waals surface area contributed by atoms with Crippen LogP contribution in [0.3, 0.4) is 0 Å². The van der Waals surface area contributed by atoms with Gasteiger partial charge in [-0.15, -0.1) is 0 Å². The molecule has 1 amide bonds. The minimum Gasteiger partial charge on any atom is -0.398 e. The molecule has 1 saturated heterocycles. The molecule has 104 valence electrons. The first-order valence-electron chi connectivity index (χ1n) is 6.59. The van der Waals surface area contributed by atoms with E-state index in [-0.39, 0.29) is 11.4 Å². The number of rotatable bonds is 1. The number of anilines is 1. The maximum absolute atomic E-state index is 12.7. The van der Waals surface area contributed by atoms with Gasteiger partial charge in [0.15, 0.2) is 0 Å². The Morgan fingerprint density at radius 2 is 2.00 bits per heavy atom. The van der Waals surface area contributed by atoms with Crippen LogP contribution in [0.15, 0.2) is 12.1 Å². The van der Waals surface area contributed by atoms with Gasteiger partial charge in [0, 0.05) is 17.8 Å². The third kappa shape index (κ3) is 2.59. The number of benzene rings is 1. The van der Waals surface area contributed by atoms with Crippen molar-refractivity contribution in [3.05, 3.63) is 28.8 Å². The summed E-state index contributed by atoms with van der Waals surface area (Å²) in [7, 11) is 0. The zero-order valence-corrected chi connectivity index (χ0v) is 12.1. The fourth-order valence-electron chi connectivity index (χ4n) is 2.48. The van der Waals surface area contributed by atoms with Crippen molar-refractivity contribution >= 4 is 11.6 Å². The van der Waals surface area contributed by atoms with E-state index in [9.17, 15) is 4.79 Å². The first-order valence-corrected chi connectivity index (χ1v) is 6.59. The van der Waals surface area contributed by atoms with E-state index in [1.807, 2.05) is 38.7 Å². The van der Waals surface area contributed by atoms with Crippen LogP contribution >= 0.6 is 0 Å². The van der Waals surface area contributed by atoms with E-state index < -0.39 is 0 Å². The summed E-state index contributed by atoms with van der Waals surface area (Å²) < 4.78 is 5.46. The van der Waals surface area contributed by atoms with Crippen LogP contribution in [-0.2, 0) is 4.74 Å². The van der Waals surface area contributed by atoms with E-state index in [1.54, 1.807) is 6.07 Å². The molecule has 19 heavy (non-hydrogen) atoms. The monoisotopic (exact) mass is 262 g/mol. The molecule has 4 heteroatoms. The number of morpholine rings is 1. The molecule has 4 nitrogen and oxygen atoms in total. The third-order valence-electron chi connectivity index (χ3n) is 3.73. The van der Waals surface area contributed by atoms with E-state index in [4.69, 9.17) is 10.5 Å². The number of ether oxygens (including phenoxy) is 1. The number of carbonyl (C=O) groups is 1. The van der Waals surface area contributed by atoms with Gasteiger partial charge in [-0.2, -0.15) is 0 Å². The van der Waals surface area contributed by atoms with Gasteiger partial charge in [-0.3, -0.25) is 4.79 Å². The molecule has 1 aromatic rings. The second kappa shape index (κ2) is 4.85. The third-order valence-corrected chi connectivity index (χ3v) is 3.73. The highest BCUT2D eigenvalue weighted by Gasteiger charge is 2.35. The molecular weight excluding hydrogens is 240 g/mol. The molecule has 1 aliphatic heterocycles. The van der Waals surface area contributed by atoms with Crippen LogP contribution in [0, 0.1) is 13.8 Å². The fourth-order valence-corrected chi connectivity index (χ4v) is 2.48. The highest BCUT2D eigenvalue weighted by Crippen LogP contribution is 2.25. The summed E-state index contributed by atoms with van der Waals surface area (Å²) in [5.41, 5.74) is 8.99. The van der Waals surface area contributed by atoms with Gasteiger partial charge >= 0.3 is 0 Å². The first-order chi connectivity index (χ1) is 8.83. The maximum atomic E-state index is 12.7. The van der Waals surface area contributed by atoms with Crippen LogP contribution in [0.5, 0.6) is 0 Å². The summed E-state index contributed by atoms with van der Waals surface area (Å²) in [5, 5.41) is 0. The van der Waals surface area contributed by atoms with E-state index in [1.165, 1.54) is 0 Å². The Morgan fingerprint density at radius 3 is 2.63 bits per heavy atom. The van der Waals surface area contributed by atoms with Gasteiger partial charge in [0.2, 0.25) is 0 Å². The molecule has 1 heterocycles. The average molecular weight is 262 g/mol. The minimum atomic E-state index is -0.276. The summed E-state index contributed by atoms with van der Waals surface area (Å²) >= 11 is 0. The van der Waals surface area contributed by atoms with Crippen LogP contribution in [0.25, 0.3) is 0 Å². The number of hydrogen-bond donors (Lipinski definition) is 1. The lowest BCUT2D eigenvalue weighted by atomic mass is 9.98. The molecule has 0 aromatic heterocycles. The van der Waals surface area contributed by atoms with Crippen molar-refractivity contribution in [2.45, 2.75) is 33.2 Å². The van der Waals surface area contributed by atoms with Crippen LogP contribution in [-0.4, -0.2) is 36.1 Å². The molecule has 0 unspecified atom stereocenters. The molecule has 0 bridgehead atoms. The van der Waals surface area contributed by atoms with Gasteiger partial charge in [0.1, 0.15) is 0 Å². The van der Waals surface area contributed by atoms with Crippen LogP contribution in [0.4, 0.5) is 5.69 Å². The zero-order chi connectivity index (χ0) is 14.2. The predicted octanol–water partition coefficient (Wildman–Crippen LogP) is 2.14. The van der Waals surface area contributed by atoms with E-state index in [0.717, 1.165) is 11.1 Å². The van der Waals surface area contributed by atoms with E-state index in [2.05, 4.69) is 0 Å². The Morgan fingerprint density at radius 1 is 1.32 bits per heavy atom. The second-order valence-electron chi connectivity index (χ2n) is 5.85. The number of nitrogens with two attached hydrogens (primary N) is 1. The van der Waals surface area contributed by atoms with Crippen molar-refractivity contribution in [1.29, 1.82) is 0 Å². The minimum absolute atomic E-state index is 0.0394. The molecular formula is C15H22N2O2. The van der Waals surface area contributed by atoms with Crippen molar-refractivity contribution in [2.24, 2.45) is 0 Å². The van der Waals surface area contributed by atoms with Crippen molar-refractivity contribution in [3.8, 4) is 0 Å². The van der Waals surface area contributed by atoms with Gasteiger partial charge in [0.25, 0.3) is 5.91 Å². The molecule has 0 saturated carbocycles. The SMILES string of the molecule is Cc1cc(C)c(C(=O)N2CCOCC2(C)C)cc1N. The number of nitrogen functional groups attached to an aromatic ring is 1. The first kappa shape index (κ1) is 13.9. The van der Waals surface area contributed by atoms with Crippen LogP contribution in [0.2, 0.25) is 0 Å². The molecule has 2 rings (SSSR count). The summed E-state index contributed by atoms with van der Waals surface area (Å²) in [6.07, 6.45) is 0. The highest BCUT2D eigenvalue weighted by molar-refractivity contribution is 5.97. The maximum Gasteiger partial charge on any atom is 0.254 e. The lowest BCUT2D eigenvalue weighted by molar-refractivity contribution is -0.0370. The molecule has 0 radical (unpaired) electrons. The summed E-state index contributed by atoms with van der Waals surface area (Å²) in [5.74, 6) is 0.0394. The highest BCUT2D eigenvalue weighted by atomic mass is 16.5. The Labute approximate surface area is 114 Å². The van der Waals surface area contributed by atoms with Crippen LogP contribution < -0.4 is 5.73 Å². The Kier molecular flexibility index (Phi) is 3.54. The van der Waals surface area contributed by atoms with E-state index >= 15 is 0 Å². The van der Waals surface area contributed by atoms with Crippen molar-refractivity contribution in [3.63, 3.8) is 0 Å². The topological polar surface area (TPSA) is 55.6 Å². The van der Waals surface area contributed by atoms with Gasteiger partial charge in [0.05, 0.1) is 18.8 Å². The second-order valence-corrected chi connectivity index (χ2v) is 5.85. The summed E-state index contributed by atoms with van der Waals surface area (Å²) in [4.78, 5) is 14.6. The number of hydrogen-bond acceptors (Lipinski definition) is 3. The number of carbonyl (C=O) groups excluding carboxylic acids is 1. The molecule has 1 aliphatic rings. The van der Waals surface area contributed by atoms with Crippen molar-refractivity contribution < 1.29 is 9.53 Å². The lowest BCUT2D eigenvalue weighted by Crippen LogP contribution is -2.55. The standard InChI is InChI=1S/C15H22N2O2/c1-10-7-11(2)13(16)8-12(10)14(18)17-5-6-19-9-15(17,3)4/h7-8H,5-6,9,16H2,1-4H3. The molecule has 1 fully saturated rings. The molecule has 1 aromatic carbocycles. The average Bonchev–Trinajstić information content (AvgIpc) is 2.32. The molecule has 2 N–H and O–H groups in total. The normalized spacial score (nSPS) is 18.4. The molecule has 0 aliphatic carbocycles. The Balaban J connectivity index is 2.36. The summed E-state index contributed by atoms with van der Waals surface area (Å²) in [6, 6.07) is 3.76. The van der Waals surface area contributed by atoms with Crippen molar-refractivity contribution in [1.82, 2.24) is 4.90 Å². The number of aryl methyl sites for hydroxylation is 2. The molecule has 0 atom stereocenters. The Bertz CT molecular complexity index is 509. The Hall–Kier alpha value is -1.55. The van der Waals surface area contributed by atoms with Crippen LogP contribution in [0.1, 0.15) is 35.3 Å². The van der Waals surface area contributed by atoms with E-state index in [0.29, 0.717) is 31.0 Å². The van der Waals surface area contributed by atoms with Gasteiger partial charge in [-0.05, 0) is 44.9 Å². The number of amides is 1. The van der Waals surface area contributed by atoms with Gasteiger partial charge in [-0.1, -0.05) is 6.07 Å². The van der Waals surface area contributed by atoms with Crippen molar-refractivity contribution in [2.75, 3.05) is 25.5 Å². The quantitative estimate of drug-likeness (QED) is 0.789. The smallest absolute Gasteiger partial charge is 0.254 e. The van der Waals surface area contributed by atoms with Gasteiger partial charge in [-0.25, -0.2) is 0 Å². The lowest BCUT2D eigenvalue weighted by Gasteiger charge is -2.42.